The fraction of sp³-hybridized carbons (Fsp3) is 0.0323. The summed E-state index contributed by atoms with van der Waals surface area (Å²) in [4.78, 5) is 17.9. The van der Waals surface area contributed by atoms with E-state index in [1.165, 1.54) is 104 Å². The molecular weight excluding hydrogens is 967 g/mol. The maximum Gasteiger partial charge on any atom is 0.135 e. The molecule has 0 N–H and O–H groups in total. The lowest BCUT2D eigenvalue weighted by atomic mass is 9.86. The van der Waals surface area contributed by atoms with Crippen molar-refractivity contribution in [1.29, 1.82) is 0 Å². The summed E-state index contributed by atoms with van der Waals surface area (Å²) in [6, 6.07) is 34.4. The molecule has 75 heavy (non-hydrogen) atoms. The maximum absolute atomic E-state index is 16.1. The summed E-state index contributed by atoms with van der Waals surface area (Å²) in [6.07, 6.45) is 4.32. The minimum absolute atomic E-state index is 0.00544. The lowest BCUT2D eigenvalue weighted by molar-refractivity contribution is 0.584. The molecule has 5 nitrogen and oxygen atoms in total. The van der Waals surface area contributed by atoms with E-state index in [4.69, 9.17) is 13.2 Å². The molecule has 0 radical (unpaired) electrons. The summed E-state index contributed by atoms with van der Waals surface area (Å²) in [5, 5.41) is 0.377. The molecule has 0 aliphatic carbocycles. The first-order chi connectivity index (χ1) is 38.7. The van der Waals surface area contributed by atoms with Gasteiger partial charge in [-0.25, -0.2) is 40.1 Å². The van der Waals surface area contributed by atoms with Crippen LogP contribution in [0, 0.1) is 60.2 Å². The summed E-state index contributed by atoms with van der Waals surface area (Å²) >= 11 is 0. The fourth-order valence-corrected chi connectivity index (χ4v) is 9.74. The predicted octanol–water partition coefficient (Wildman–Crippen LogP) is 16.9. The van der Waals surface area contributed by atoms with Crippen LogP contribution in [0.25, 0.3) is 117 Å². The second-order valence-corrected chi connectivity index (χ2v) is 17.7. The molecule has 0 spiro atoms. The van der Waals surface area contributed by atoms with E-state index in [9.17, 15) is 17.6 Å². The Morgan fingerprint density at radius 3 is 1.25 bits per heavy atom. The monoisotopic (exact) mass is 1010 g/mol. The van der Waals surface area contributed by atoms with Crippen LogP contribution in [0.5, 0.6) is 0 Å². The molecule has 364 valence electrons. The van der Waals surface area contributed by atoms with E-state index in [-0.39, 0.29) is 77.7 Å². The molecule has 13 heteroatoms. The molecule has 0 fully saturated rings. The highest BCUT2D eigenvalue weighted by Crippen LogP contribution is 2.44. The van der Waals surface area contributed by atoms with Gasteiger partial charge in [0, 0.05) is 77.5 Å². The van der Waals surface area contributed by atoms with Gasteiger partial charge >= 0.3 is 0 Å². The van der Waals surface area contributed by atoms with Crippen molar-refractivity contribution < 1.29 is 43.3 Å². The Kier molecular flexibility index (Phi) is 9.79. The number of pyridine rings is 4. The van der Waals surface area contributed by atoms with Crippen molar-refractivity contribution in [1.82, 2.24) is 24.3 Å². The number of imidazole rings is 1. The van der Waals surface area contributed by atoms with Gasteiger partial charge in [0.2, 0.25) is 0 Å². The highest BCUT2D eigenvalue weighted by molar-refractivity contribution is 6.12. The first-order valence-electron chi connectivity index (χ1n) is 26.0. The Hall–Kier alpha value is -9.36. The van der Waals surface area contributed by atoms with Crippen molar-refractivity contribution in [2.45, 2.75) is 13.7 Å². The maximum atomic E-state index is 16.1. The number of fused-ring (bicyclic) bond motifs is 6. The molecule has 0 saturated heterocycles. The molecule has 0 saturated carbocycles. The molecule has 0 amide bonds. The number of halogens is 8. The molecule has 5 heterocycles. The van der Waals surface area contributed by atoms with Gasteiger partial charge in [-0.15, -0.1) is 0 Å². The highest BCUT2D eigenvalue weighted by atomic mass is 19.2. The van der Waals surface area contributed by atoms with Crippen molar-refractivity contribution in [2.24, 2.45) is 0 Å². The van der Waals surface area contributed by atoms with E-state index in [0.29, 0.717) is 38.9 Å². The molecule has 7 aromatic carbocycles. The Morgan fingerprint density at radius 2 is 0.800 bits per heavy atom. The van der Waals surface area contributed by atoms with Crippen LogP contribution in [-0.4, -0.2) is 24.3 Å². The average molecular weight is 1010 g/mol. The molecular formula is C62H35F8N5. The number of hydrogen-bond donors (Lipinski definition) is 0. The zero-order valence-electron chi connectivity index (χ0n) is 44.5. The zero-order chi connectivity index (χ0) is 56.8. The first-order valence-corrected chi connectivity index (χ1v) is 23.0. The zero-order valence-corrected chi connectivity index (χ0v) is 38.5. The fourth-order valence-electron chi connectivity index (χ4n) is 9.74. The largest absolute Gasteiger partial charge is 0.295 e. The minimum Gasteiger partial charge on any atom is -0.295 e. The van der Waals surface area contributed by atoms with Crippen molar-refractivity contribution in [3.8, 4) is 89.3 Å². The summed E-state index contributed by atoms with van der Waals surface area (Å²) in [5.41, 5.74) is 3.74. The molecule has 12 rings (SSSR count). The standard InChI is InChI=1S/C62H35F8N5/c1-32-62-55-22-39(31-73-61(55)51-16-10-45(68)28-60(51)75(62)33(2)74-32)48-13-7-42(65)25-54(48)38-20-36(52-23-40(63)5-11-46(52)34-3-17-58(71-29-34)49-14-8-43(66)26-56(49)69)19-37(21-38)53-24-41(64)6-12-47(53)35-4-18-59(72-30-35)50-15-9-44(67)27-57(50)70/h3-31H,1-2H3/i1D3,2D3. The Labute approximate surface area is 431 Å². The van der Waals surface area contributed by atoms with Crippen LogP contribution in [0.2, 0.25) is 0 Å². The smallest absolute Gasteiger partial charge is 0.135 e. The molecule has 0 aliphatic rings. The van der Waals surface area contributed by atoms with Gasteiger partial charge in [0.15, 0.2) is 0 Å². The Balaban J connectivity index is 1.09. The third-order valence-corrected chi connectivity index (χ3v) is 13.2. The van der Waals surface area contributed by atoms with Crippen molar-refractivity contribution in [3.05, 3.63) is 234 Å². The normalized spacial score (nSPS) is 13.1. The quantitative estimate of drug-likeness (QED) is 0.112. The number of aryl methyl sites for hydroxylation is 2. The third kappa shape index (κ3) is 8.41. The van der Waals surface area contributed by atoms with Crippen LogP contribution in [0.4, 0.5) is 35.1 Å². The average Bonchev–Trinajstić information content (AvgIpc) is 4.15. The lowest BCUT2D eigenvalue weighted by Gasteiger charge is -2.18. The number of rotatable bonds is 8. The highest BCUT2D eigenvalue weighted by Gasteiger charge is 2.22. The van der Waals surface area contributed by atoms with Gasteiger partial charge in [0.25, 0.3) is 0 Å². The SMILES string of the molecule is [2H]C([2H])([2H])c1nc(C([2H])([2H])[2H])n2c3cc(F)ccc3c3ncc(-c4ccc(F)cc4-c4cc(-c5cc(F)ccc5-c5ccc(-c6ccc(F)cc6F)nc5)cc(-c5cc(F)ccc5-c5ccc(-c6ccc(F)cc6F)nc5)c4)cc3c12. The van der Waals surface area contributed by atoms with E-state index in [2.05, 4.69) is 15.0 Å². The van der Waals surface area contributed by atoms with E-state index < -0.39 is 71.8 Å². The van der Waals surface area contributed by atoms with Gasteiger partial charge in [-0.2, -0.15) is 0 Å². The van der Waals surface area contributed by atoms with Crippen LogP contribution in [0.1, 0.15) is 19.7 Å². The summed E-state index contributed by atoms with van der Waals surface area (Å²) in [5.74, 6) is -6.64. The molecule has 0 bridgehead atoms. The van der Waals surface area contributed by atoms with Gasteiger partial charge < -0.3 is 0 Å². The van der Waals surface area contributed by atoms with Crippen LogP contribution in [0.15, 0.2) is 176 Å². The van der Waals surface area contributed by atoms with Gasteiger partial charge in [0.1, 0.15) is 52.4 Å². The lowest BCUT2D eigenvalue weighted by Crippen LogP contribution is -1.97. The van der Waals surface area contributed by atoms with Crippen molar-refractivity contribution in [3.63, 3.8) is 0 Å². The third-order valence-electron chi connectivity index (χ3n) is 13.2. The molecule has 0 atom stereocenters. The van der Waals surface area contributed by atoms with Gasteiger partial charge in [0.05, 0.1) is 33.6 Å². The second kappa shape index (κ2) is 18.3. The predicted molar refractivity (Wildman–Crippen MR) is 276 cm³/mol. The first kappa shape index (κ1) is 40.2. The number of benzene rings is 7. The van der Waals surface area contributed by atoms with E-state index in [1.807, 2.05) is 0 Å². The van der Waals surface area contributed by atoms with Gasteiger partial charge in [-0.3, -0.25) is 19.4 Å². The molecule has 5 aromatic heterocycles. The van der Waals surface area contributed by atoms with E-state index >= 15 is 17.6 Å². The second-order valence-electron chi connectivity index (χ2n) is 17.7. The van der Waals surface area contributed by atoms with Crippen LogP contribution in [0.3, 0.4) is 0 Å². The van der Waals surface area contributed by atoms with Crippen molar-refractivity contribution in [2.75, 3.05) is 0 Å². The van der Waals surface area contributed by atoms with Crippen LogP contribution >= 0.6 is 0 Å². The van der Waals surface area contributed by atoms with Gasteiger partial charge in [-0.05, 0) is 179 Å². The number of aromatic nitrogens is 5. The Morgan fingerprint density at radius 1 is 0.360 bits per heavy atom. The number of nitrogens with zero attached hydrogens (tertiary/aromatic N) is 5. The number of hydrogen-bond acceptors (Lipinski definition) is 4. The Bertz CT molecular complexity index is 4390. The summed E-state index contributed by atoms with van der Waals surface area (Å²) < 4.78 is 172. The van der Waals surface area contributed by atoms with E-state index in [1.54, 1.807) is 36.4 Å². The molecule has 0 unspecified atom stereocenters. The van der Waals surface area contributed by atoms with Gasteiger partial charge in [-0.1, -0.05) is 30.3 Å². The summed E-state index contributed by atoms with van der Waals surface area (Å²) in [6.45, 7) is -5.97. The molecule has 12 aromatic rings. The van der Waals surface area contributed by atoms with Crippen molar-refractivity contribution >= 4 is 27.3 Å². The van der Waals surface area contributed by atoms with Crippen LogP contribution < -0.4 is 0 Å². The minimum atomic E-state index is -2.99. The topological polar surface area (TPSA) is 56.0 Å². The summed E-state index contributed by atoms with van der Waals surface area (Å²) in [7, 11) is 0. The van der Waals surface area contributed by atoms with Crippen LogP contribution in [-0.2, 0) is 0 Å². The van der Waals surface area contributed by atoms with E-state index in [0.717, 1.165) is 40.8 Å². The molecule has 0 aliphatic heterocycles.